The first kappa shape index (κ1) is 24.4. The molecule has 6 rings (SSSR count). The Morgan fingerprint density at radius 2 is 1.74 bits per heavy atom. The van der Waals surface area contributed by atoms with Gasteiger partial charge >= 0.3 is 0 Å². The topological polar surface area (TPSA) is 104 Å². The number of fused-ring (bicyclic) bond motifs is 2. The second kappa shape index (κ2) is 10.8. The molecule has 9 nitrogen and oxygen atoms in total. The average Bonchev–Trinajstić information content (AvgIpc) is 3.42. The van der Waals surface area contributed by atoms with Gasteiger partial charge in [0.15, 0.2) is 23.2 Å². The highest BCUT2D eigenvalue weighted by Gasteiger charge is 2.31. The SMILES string of the molecule is N#CC(C(=O)NC1CCCCC1)c1nc2ccccc2nc1N1CCN(Cc2ccc3c(c2)OCO3)CC1. The van der Waals surface area contributed by atoms with Crippen LogP contribution in [0.1, 0.15) is 49.3 Å². The first-order valence-corrected chi connectivity index (χ1v) is 13.5. The summed E-state index contributed by atoms with van der Waals surface area (Å²) in [4.78, 5) is 27.6. The lowest BCUT2D eigenvalue weighted by Gasteiger charge is -2.36. The Hall–Kier alpha value is -3.90. The Balaban J connectivity index is 1.21. The average molecular weight is 513 g/mol. The molecule has 1 aliphatic carbocycles. The van der Waals surface area contributed by atoms with Crippen LogP contribution in [0.4, 0.5) is 5.82 Å². The number of hydrogen-bond donors (Lipinski definition) is 1. The summed E-state index contributed by atoms with van der Waals surface area (Å²) < 4.78 is 11.0. The number of ether oxygens (including phenoxy) is 2. The predicted molar refractivity (Wildman–Crippen MR) is 143 cm³/mol. The molecular weight excluding hydrogens is 480 g/mol. The minimum absolute atomic E-state index is 0.128. The quantitative estimate of drug-likeness (QED) is 0.533. The molecular formula is C29H32N6O3. The number of carbonyl (C=O) groups excluding carboxylic acids is 1. The number of hydrogen-bond acceptors (Lipinski definition) is 8. The summed E-state index contributed by atoms with van der Waals surface area (Å²) in [6.07, 6.45) is 5.35. The van der Waals surface area contributed by atoms with Crippen LogP contribution in [-0.4, -0.2) is 59.8 Å². The maximum Gasteiger partial charge on any atom is 0.243 e. The highest BCUT2D eigenvalue weighted by molar-refractivity contribution is 5.89. The van der Waals surface area contributed by atoms with E-state index in [-0.39, 0.29) is 18.7 Å². The number of aromatic nitrogens is 2. The van der Waals surface area contributed by atoms with Crippen LogP contribution in [0.2, 0.25) is 0 Å². The third kappa shape index (κ3) is 5.09. The third-order valence-corrected chi connectivity index (χ3v) is 7.71. The summed E-state index contributed by atoms with van der Waals surface area (Å²) in [5.41, 5.74) is 3.08. The maximum atomic E-state index is 13.3. The number of para-hydroxylation sites is 2. The van der Waals surface area contributed by atoms with Gasteiger partial charge in [-0.1, -0.05) is 37.5 Å². The van der Waals surface area contributed by atoms with Crippen LogP contribution in [0.25, 0.3) is 11.0 Å². The van der Waals surface area contributed by atoms with E-state index in [0.717, 1.165) is 75.4 Å². The van der Waals surface area contributed by atoms with Crippen molar-refractivity contribution in [3.63, 3.8) is 0 Å². The second-order valence-corrected chi connectivity index (χ2v) is 10.3. The summed E-state index contributed by atoms with van der Waals surface area (Å²) in [6, 6.07) is 16.1. The number of piperazine rings is 1. The lowest BCUT2D eigenvalue weighted by atomic mass is 9.94. The Morgan fingerprint density at radius 1 is 1.00 bits per heavy atom. The fourth-order valence-corrected chi connectivity index (χ4v) is 5.62. The number of nitrogens with zero attached hydrogens (tertiary/aromatic N) is 5. The van der Waals surface area contributed by atoms with Gasteiger partial charge in [-0.05, 0) is 42.7 Å². The van der Waals surface area contributed by atoms with E-state index in [2.05, 4.69) is 27.3 Å². The van der Waals surface area contributed by atoms with E-state index >= 15 is 0 Å². The number of nitrogens with one attached hydrogen (secondary N) is 1. The molecule has 1 unspecified atom stereocenters. The molecule has 0 bridgehead atoms. The zero-order valence-electron chi connectivity index (χ0n) is 21.4. The summed E-state index contributed by atoms with van der Waals surface area (Å²) >= 11 is 0. The van der Waals surface area contributed by atoms with Gasteiger partial charge in [0.1, 0.15) is 5.69 Å². The van der Waals surface area contributed by atoms with E-state index in [1.807, 2.05) is 36.4 Å². The standard InChI is InChI=1S/C29H32N6O3/c30-17-22(29(36)31-21-6-2-1-3-7-21)27-28(33-24-9-5-4-8-23(24)32-27)35-14-12-34(13-15-35)18-20-10-11-25-26(16-20)38-19-37-25/h4-5,8-11,16,21-22H,1-3,6-7,12-15,18-19H2,(H,31,36). The van der Waals surface area contributed by atoms with Crippen molar-refractivity contribution in [3.8, 4) is 17.6 Å². The number of carbonyl (C=O) groups is 1. The van der Waals surface area contributed by atoms with E-state index in [1.54, 1.807) is 0 Å². The van der Waals surface area contributed by atoms with Crippen molar-refractivity contribution in [2.45, 2.75) is 50.6 Å². The Labute approximate surface area is 222 Å². The molecule has 1 saturated heterocycles. The van der Waals surface area contributed by atoms with Crippen molar-refractivity contribution in [1.29, 1.82) is 5.26 Å². The fraction of sp³-hybridized carbons (Fsp3) is 0.448. The van der Waals surface area contributed by atoms with Crippen molar-refractivity contribution in [2.75, 3.05) is 37.9 Å². The molecule has 1 atom stereocenters. The first-order valence-electron chi connectivity index (χ1n) is 13.5. The van der Waals surface area contributed by atoms with Gasteiger partial charge < -0.3 is 19.7 Å². The van der Waals surface area contributed by atoms with Gasteiger partial charge in [-0.3, -0.25) is 9.69 Å². The van der Waals surface area contributed by atoms with Crippen LogP contribution in [0.3, 0.4) is 0 Å². The summed E-state index contributed by atoms with van der Waals surface area (Å²) in [7, 11) is 0. The molecule has 1 amide bonds. The molecule has 38 heavy (non-hydrogen) atoms. The highest BCUT2D eigenvalue weighted by Crippen LogP contribution is 2.33. The number of rotatable bonds is 6. The van der Waals surface area contributed by atoms with Crippen molar-refractivity contribution in [2.24, 2.45) is 0 Å². The second-order valence-electron chi connectivity index (χ2n) is 10.3. The van der Waals surface area contributed by atoms with Gasteiger partial charge in [0.2, 0.25) is 12.7 Å². The summed E-state index contributed by atoms with van der Waals surface area (Å²) in [6.45, 7) is 4.20. The molecule has 1 N–H and O–H groups in total. The minimum atomic E-state index is -1.00. The number of benzene rings is 2. The third-order valence-electron chi connectivity index (χ3n) is 7.71. The smallest absolute Gasteiger partial charge is 0.243 e. The van der Waals surface area contributed by atoms with Gasteiger partial charge in [-0.2, -0.15) is 5.26 Å². The minimum Gasteiger partial charge on any atom is -0.454 e. The van der Waals surface area contributed by atoms with Gasteiger partial charge in [0, 0.05) is 38.8 Å². The van der Waals surface area contributed by atoms with Crippen LogP contribution < -0.4 is 19.7 Å². The van der Waals surface area contributed by atoms with E-state index in [9.17, 15) is 10.1 Å². The molecule has 0 spiro atoms. The van der Waals surface area contributed by atoms with Gasteiger partial charge in [0.05, 0.1) is 17.1 Å². The monoisotopic (exact) mass is 512 g/mol. The van der Waals surface area contributed by atoms with E-state index in [4.69, 9.17) is 19.4 Å². The molecule has 0 radical (unpaired) electrons. The van der Waals surface area contributed by atoms with Crippen molar-refractivity contribution >= 4 is 22.8 Å². The zero-order valence-corrected chi connectivity index (χ0v) is 21.4. The molecule has 9 heteroatoms. The van der Waals surface area contributed by atoms with E-state index < -0.39 is 5.92 Å². The molecule has 1 saturated carbocycles. The van der Waals surface area contributed by atoms with Crippen LogP contribution in [0.15, 0.2) is 42.5 Å². The van der Waals surface area contributed by atoms with Gasteiger partial charge in [0.25, 0.3) is 0 Å². The van der Waals surface area contributed by atoms with Crippen LogP contribution >= 0.6 is 0 Å². The molecule has 3 aliphatic rings. The fourth-order valence-electron chi connectivity index (χ4n) is 5.62. The molecule has 2 aliphatic heterocycles. The van der Waals surface area contributed by atoms with Crippen molar-refractivity contribution in [1.82, 2.24) is 20.2 Å². The van der Waals surface area contributed by atoms with E-state index in [0.29, 0.717) is 17.0 Å². The largest absolute Gasteiger partial charge is 0.454 e. The molecule has 2 fully saturated rings. The maximum absolute atomic E-state index is 13.3. The van der Waals surface area contributed by atoms with Gasteiger partial charge in [-0.15, -0.1) is 0 Å². The predicted octanol–water partition coefficient (Wildman–Crippen LogP) is 3.74. The Morgan fingerprint density at radius 3 is 2.50 bits per heavy atom. The van der Waals surface area contributed by atoms with Crippen LogP contribution in [-0.2, 0) is 11.3 Å². The molecule has 196 valence electrons. The normalized spacial score (nSPS) is 18.8. The lowest BCUT2D eigenvalue weighted by molar-refractivity contribution is -0.122. The molecule has 3 heterocycles. The first-order chi connectivity index (χ1) is 18.7. The summed E-state index contributed by atoms with van der Waals surface area (Å²) in [5.74, 6) is 0.950. The number of anilines is 1. The Bertz CT molecular complexity index is 1360. The number of nitriles is 1. The highest BCUT2D eigenvalue weighted by atomic mass is 16.7. The lowest BCUT2D eigenvalue weighted by Crippen LogP contribution is -2.47. The molecule has 2 aromatic carbocycles. The van der Waals surface area contributed by atoms with Crippen molar-refractivity contribution in [3.05, 3.63) is 53.7 Å². The van der Waals surface area contributed by atoms with Crippen LogP contribution in [0, 0.1) is 11.3 Å². The van der Waals surface area contributed by atoms with Crippen LogP contribution in [0.5, 0.6) is 11.5 Å². The zero-order chi connectivity index (χ0) is 25.9. The Kier molecular flexibility index (Phi) is 6.97. The van der Waals surface area contributed by atoms with E-state index in [1.165, 1.54) is 12.0 Å². The molecule has 3 aromatic rings. The summed E-state index contributed by atoms with van der Waals surface area (Å²) in [5, 5.41) is 13.2. The number of amides is 1. The van der Waals surface area contributed by atoms with Gasteiger partial charge in [-0.25, -0.2) is 9.97 Å². The molecule has 1 aromatic heterocycles. The van der Waals surface area contributed by atoms with Crippen molar-refractivity contribution < 1.29 is 14.3 Å².